The zero-order valence-corrected chi connectivity index (χ0v) is 16.4. The van der Waals surface area contributed by atoms with Gasteiger partial charge in [-0.3, -0.25) is 4.90 Å². The Kier molecular flexibility index (Phi) is 6.69. The van der Waals surface area contributed by atoms with Crippen molar-refractivity contribution in [2.45, 2.75) is 33.0 Å². The molecule has 0 aliphatic heterocycles. The molecule has 0 unspecified atom stereocenters. The topological polar surface area (TPSA) is 3.24 Å². The Bertz CT molecular complexity index is 905. The van der Waals surface area contributed by atoms with Gasteiger partial charge in [0.1, 0.15) is 0 Å². The van der Waals surface area contributed by atoms with E-state index in [1.807, 2.05) is 24.3 Å². The van der Waals surface area contributed by atoms with Crippen molar-refractivity contribution in [2.75, 3.05) is 0 Å². The number of rotatable bonds is 7. The lowest BCUT2D eigenvalue weighted by Crippen LogP contribution is -2.22. The lowest BCUT2D eigenvalue weighted by atomic mass is 10.1. The molecule has 3 rings (SSSR count). The Morgan fingerprint density at radius 3 is 1.21 bits per heavy atom. The molecular weight excluding hydrogens is 338 g/mol. The van der Waals surface area contributed by atoms with Crippen molar-refractivity contribution in [1.29, 1.82) is 0 Å². The van der Waals surface area contributed by atoms with Crippen LogP contribution in [0.15, 0.2) is 72.8 Å². The number of terminal acetylenes is 2. The van der Waals surface area contributed by atoms with E-state index in [2.05, 4.69) is 72.2 Å². The van der Waals surface area contributed by atoms with Crippen LogP contribution in [0.5, 0.6) is 0 Å². The number of aryl methyl sites for hydroxylation is 1. The van der Waals surface area contributed by atoms with E-state index in [9.17, 15) is 0 Å². The van der Waals surface area contributed by atoms with Gasteiger partial charge in [0.05, 0.1) is 0 Å². The molecule has 1 heteroatoms. The van der Waals surface area contributed by atoms with E-state index < -0.39 is 0 Å². The molecule has 0 saturated carbocycles. The first kappa shape index (κ1) is 19.5. The fourth-order valence-corrected chi connectivity index (χ4v) is 3.24. The van der Waals surface area contributed by atoms with Crippen LogP contribution in [0.1, 0.15) is 40.3 Å². The normalized spacial score (nSPS) is 10.4. The highest BCUT2D eigenvalue weighted by Crippen LogP contribution is 2.16. The largest absolute Gasteiger partial charge is 0.291 e. The van der Waals surface area contributed by atoms with Gasteiger partial charge in [0, 0.05) is 30.8 Å². The predicted octanol–water partition coefficient (Wildman–Crippen LogP) is 5.41. The lowest BCUT2D eigenvalue weighted by Gasteiger charge is -2.23. The Labute approximate surface area is 169 Å². The molecule has 0 atom stereocenters. The van der Waals surface area contributed by atoms with Crippen LogP contribution in [-0.2, 0) is 26.1 Å². The van der Waals surface area contributed by atoms with E-state index >= 15 is 0 Å². The maximum Gasteiger partial charge on any atom is 0.0242 e. The minimum absolute atomic E-state index is 0.858. The number of benzene rings is 3. The van der Waals surface area contributed by atoms with Gasteiger partial charge in [0.2, 0.25) is 0 Å². The summed E-state index contributed by atoms with van der Waals surface area (Å²) in [6, 6.07) is 25.4. The van der Waals surface area contributed by atoms with E-state index in [1.165, 1.54) is 22.3 Å². The molecule has 3 aromatic carbocycles. The summed E-state index contributed by atoms with van der Waals surface area (Å²) in [5.41, 5.74) is 7.02. The Morgan fingerprint density at radius 2 is 0.893 bits per heavy atom. The molecule has 0 aliphatic rings. The maximum absolute atomic E-state index is 5.48. The summed E-state index contributed by atoms with van der Waals surface area (Å²) in [5.74, 6) is 5.36. The second kappa shape index (κ2) is 9.61. The first-order valence-electron chi connectivity index (χ1n) is 9.61. The van der Waals surface area contributed by atoms with Crippen LogP contribution in [0, 0.1) is 24.7 Å². The van der Waals surface area contributed by atoms with Gasteiger partial charge in [-0.15, -0.1) is 12.8 Å². The lowest BCUT2D eigenvalue weighted by molar-refractivity contribution is 0.247. The van der Waals surface area contributed by atoms with Crippen LogP contribution in [0.3, 0.4) is 0 Å². The molecule has 0 saturated heterocycles. The fourth-order valence-electron chi connectivity index (χ4n) is 3.24. The number of hydrogen-bond donors (Lipinski definition) is 0. The summed E-state index contributed by atoms with van der Waals surface area (Å²) in [6.07, 6.45) is 12.0. The number of hydrogen-bond acceptors (Lipinski definition) is 1. The molecule has 0 N–H and O–H groups in total. The number of nitrogens with zero attached hydrogens (tertiary/aromatic N) is 1. The molecule has 0 amide bonds. The van der Waals surface area contributed by atoms with Crippen LogP contribution in [0.2, 0.25) is 0 Å². The van der Waals surface area contributed by atoms with E-state index in [1.54, 1.807) is 0 Å². The third-order valence-electron chi connectivity index (χ3n) is 4.89. The molecule has 0 aliphatic carbocycles. The molecule has 0 radical (unpaired) electrons. The van der Waals surface area contributed by atoms with Gasteiger partial charge in [-0.05, 0) is 52.9 Å². The zero-order chi connectivity index (χ0) is 19.8. The zero-order valence-electron chi connectivity index (χ0n) is 16.4. The highest BCUT2D eigenvalue weighted by Gasteiger charge is 2.09. The minimum Gasteiger partial charge on any atom is -0.291 e. The third-order valence-corrected chi connectivity index (χ3v) is 4.89. The molecule has 1 nitrogen and oxygen atoms in total. The summed E-state index contributed by atoms with van der Waals surface area (Å²) in [7, 11) is 0. The van der Waals surface area contributed by atoms with E-state index in [4.69, 9.17) is 12.8 Å². The van der Waals surface area contributed by atoms with Gasteiger partial charge in [-0.1, -0.05) is 67.3 Å². The second-order valence-electron chi connectivity index (χ2n) is 7.00. The van der Waals surface area contributed by atoms with Crippen molar-refractivity contribution in [3.05, 3.63) is 106 Å². The summed E-state index contributed by atoms with van der Waals surface area (Å²) >= 11 is 0. The SMILES string of the molecule is C#Cc1ccc(CN(Cc2ccc(C#C)cc2)Cc2ccc(CC)cc2)cc1. The quantitative estimate of drug-likeness (QED) is 0.507. The van der Waals surface area contributed by atoms with Gasteiger partial charge in [-0.2, -0.15) is 0 Å². The molecule has 0 aromatic heterocycles. The predicted molar refractivity (Wildman–Crippen MR) is 118 cm³/mol. The van der Waals surface area contributed by atoms with E-state index in [0.717, 1.165) is 37.2 Å². The Balaban J connectivity index is 1.78. The van der Waals surface area contributed by atoms with Crippen molar-refractivity contribution < 1.29 is 0 Å². The molecule has 0 fully saturated rings. The maximum atomic E-state index is 5.48. The second-order valence-corrected chi connectivity index (χ2v) is 7.00. The van der Waals surface area contributed by atoms with Crippen molar-refractivity contribution >= 4 is 0 Å². The van der Waals surface area contributed by atoms with Crippen LogP contribution in [-0.4, -0.2) is 4.90 Å². The summed E-state index contributed by atoms with van der Waals surface area (Å²) < 4.78 is 0. The summed E-state index contributed by atoms with van der Waals surface area (Å²) in [4.78, 5) is 2.44. The highest BCUT2D eigenvalue weighted by molar-refractivity contribution is 5.35. The summed E-state index contributed by atoms with van der Waals surface area (Å²) in [5, 5.41) is 0. The van der Waals surface area contributed by atoms with Crippen LogP contribution >= 0.6 is 0 Å². The third kappa shape index (κ3) is 5.37. The van der Waals surface area contributed by atoms with Gasteiger partial charge < -0.3 is 0 Å². The van der Waals surface area contributed by atoms with Crippen molar-refractivity contribution in [3.8, 4) is 24.7 Å². The first-order valence-corrected chi connectivity index (χ1v) is 9.61. The Morgan fingerprint density at radius 1 is 0.571 bits per heavy atom. The van der Waals surface area contributed by atoms with Gasteiger partial charge in [0.25, 0.3) is 0 Å². The highest BCUT2D eigenvalue weighted by atomic mass is 15.1. The molecule has 3 aromatic rings. The van der Waals surface area contributed by atoms with Gasteiger partial charge >= 0.3 is 0 Å². The molecule has 28 heavy (non-hydrogen) atoms. The molecule has 0 bridgehead atoms. The fraction of sp³-hybridized carbons (Fsp3) is 0.185. The van der Waals surface area contributed by atoms with Crippen molar-refractivity contribution in [1.82, 2.24) is 4.90 Å². The average Bonchev–Trinajstić information content (AvgIpc) is 2.75. The standard InChI is InChI=1S/C27H25N/c1-4-22-7-13-25(14-8-22)19-28(20-26-15-9-23(5-2)10-16-26)21-27-17-11-24(6-3)12-18-27/h1-2,7-18H,6,19-21H2,3H3. The molecule has 0 spiro atoms. The average molecular weight is 364 g/mol. The van der Waals surface area contributed by atoms with E-state index in [0.29, 0.717) is 0 Å². The molecule has 0 heterocycles. The molecule has 138 valence electrons. The monoisotopic (exact) mass is 363 g/mol. The molecular formula is C27H25N. The van der Waals surface area contributed by atoms with Gasteiger partial charge in [-0.25, -0.2) is 0 Å². The minimum atomic E-state index is 0.858. The van der Waals surface area contributed by atoms with E-state index in [-0.39, 0.29) is 0 Å². The Hall–Kier alpha value is -3.26. The van der Waals surface area contributed by atoms with Crippen LogP contribution in [0.4, 0.5) is 0 Å². The van der Waals surface area contributed by atoms with Crippen LogP contribution in [0.25, 0.3) is 0 Å². The summed E-state index contributed by atoms with van der Waals surface area (Å²) in [6.45, 7) is 4.79. The van der Waals surface area contributed by atoms with Gasteiger partial charge in [0.15, 0.2) is 0 Å². The van der Waals surface area contributed by atoms with Crippen molar-refractivity contribution in [3.63, 3.8) is 0 Å². The van der Waals surface area contributed by atoms with Crippen molar-refractivity contribution in [2.24, 2.45) is 0 Å². The van der Waals surface area contributed by atoms with Crippen LogP contribution < -0.4 is 0 Å². The smallest absolute Gasteiger partial charge is 0.0242 e. The first-order chi connectivity index (χ1) is 13.7.